The molecule has 0 atom stereocenters. The van der Waals surface area contributed by atoms with E-state index in [4.69, 9.17) is 0 Å². The van der Waals surface area contributed by atoms with Gasteiger partial charge in [-0.3, -0.25) is 0 Å². The van der Waals surface area contributed by atoms with Crippen LogP contribution in [0.1, 0.15) is 18.4 Å². The van der Waals surface area contributed by atoms with Crippen LogP contribution in [-0.4, -0.2) is 3.41 Å². The van der Waals surface area contributed by atoms with Gasteiger partial charge in [-0.05, 0) is 53.8 Å². The van der Waals surface area contributed by atoms with Crippen molar-refractivity contribution in [3.8, 4) is 0 Å². The first-order chi connectivity index (χ1) is 13.8. The zero-order chi connectivity index (χ0) is 18.8. The smallest absolute Gasteiger partial charge is 0.121 e. The van der Waals surface area contributed by atoms with E-state index < -0.39 is 0 Å². The van der Waals surface area contributed by atoms with Crippen LogP contribution in [0, 0.1) is 0 Å². The summed E-state index contributed by atoms with van der Waals surface area (Å²) in [4.78, 5) is 2.85. The molecule has 0 nitrogen and oxygen atoms in total. The molecule has 0 unspecified atom stereocenters. The van der Waals surface area contributed by atoms with E-state index in [1.54, 1.807) is 0 Å². The van der Waals surface area contributed by atoms with Crippen LogP contribution in [0.2, 0.25) is 0 Å². The molecule has 1 aliphatic heterocycles. The average Bonchev–Trinajstić information content (AvgIpc) is 3.22. The van der Waals surface area contributed by atoms with Crippen molar-refractivity contribution in [2.75, 3.05) is 0 Å². The molecule has 0 saturated heterocycles. The fourth-order valence-corrected chi connectivity index (χ4v) is 10.2. The number of benzene rings is 3. The molecule has 5 rings (SSSR count). The summed E-state index contributed by atoms with van der Waals surface area (Å²) in [6.07, 6.45) is 3.51. The average molecular weight is 437 g/mol. The van der Waals surface area contributed by atoms with E-state index in [0.717, 1.165) is 6.42 Å². The Hall–Kier alpha value is -1.33. The Morgan fingerprint density at radius 1 is 0.750 bits per heavy atom. The van der Waals surface area contributed by atoms with Crippen LogP contribution in [0.5, 0.6) is 0 Å². The fourth-order valence-electron chi connectivity index (χ4n) is 3.62. The number of hydrogen-bond donors (Lipinski definition) is 0. The molecule has 4 heteroatoms. The van der Waals surface area contributed by atoms with E-state index in [9.17, 15) is 0 Å². The van der Waals surface area contributed by atoms with E-state index in [1.165, 1.54) is 43.2 Å². The van der Waals surface area contributed by atoms with Crippen molar-refractivity contribution in [3.05, 3.63) is 89.8 Å². The third-order valence-electron chi connectivity index (χ3n) is 4.90. The van der Waals surface area contributed by atoms with Crippen molar-refractivity contribution in [2.24, 2.45) is 0 Å². The van der Waals surface area contributed by atoms with Gasteiger partial charge >= 0.3 is 0 Å². The molecule has 28 heavy (non-hydrogen) atoms. The van der Waals surface area contributed by atoms with Gasteiger partial charge in [0.25, 0.3) is 0 Å². The summed E-state index contributed by atoms with van der Waals surface area (Å²) in [7, 11) is 0. The summed E-state index contributed by atoms with van der Waals surface area (Å²) in [6.45, 7) is 0. The van der Waals surface area contributed by atoms with Crippen molar-refractivity contribution in [2.45, 2.75) is 36.7 Å². The predicted octanol–water partition coefficient (Wildman–Crippen LogP) is 8.57. The van der Waals surface area contributed by atoms with Gasteiger partial charge in [-0.1, -0.05) is 95.9 Å². The molecule has 0 amide bonds. The van der Waals surface area contributed by atoms with Gasteiger partial charge < -0.3 is 0 Å². The van der Waals surface area contributed by atoms with E-state index in [1.807, 2.05) is 23.1 Å². The molecule has 140 valence electrons. The lowest BCUT2D eigenvalue weighted by atomic mass is 10.1. The molecular weight excluding hydrogens is 417 g/mol. The SMILES string of the molecule is c1ccc(CCCC2(Sc3cccs3)Sc3cccc4cccc(c34)S2)cc1. The third kappa shape index (κ3) is 3.88. The van der Waals surface area contributed by atoms with E-state index in [0.29, 0.717) is 0 Å². The van der Waals surface area contributed by atoms with Crippen molar-refractivity contribution >= 4 is 57.4 Å². The Labute approximate surface area is 183 Å². The molecule has 0 fully saturated rings. The molecule has 3 aromatic carbocycles. The van der Waals surface area contributed by atoms with Gasteiger partial charge in [0.15, 0.2) is 0 Å². The second-order valence-electron chi connectivity index (χ2n) is 6.87. The van der Waals surface area contributed by atoms with Crippen LogP contribution in [0.15, 0.2) is 98.2 Å². The number of rotatable bonds is 6. The van der Waals surface area contributed by atoms with E-state index in [2.05, 4.69) is 108 Å². The lowest BCUT2D eigenvalue weighted by molar-refractivity contribution is 0.765. The lowest BCUT2D eigenvalue weighted by Crippen LogP contribution is -2.18. The highest BCUT2D eigenvalue weighted by molar-refractivity contribution is 8.34. The zero-order valence-electron chi connectivity index (χ0n) is 15.3. The van der Waals surface area contributed by atoms with Gasteiger partial charge in [0.05, 0.1) is 4.21 Å². The molecule has 0 radical (unpaired) electrons. The largest absolute Gasteiger partial charge is 0.137 e. The monoisotopic (exact) mass is 436 g/mol. The molecule has 0 aliphatic carbocycles. The van der Waals surface area contributed by atoms with Crippen LogP contribution in [-0.2, 0) is 6.42 Å². The summed E-state index contributed by atoms with van der Waals surface area (Å²) in [5, 5.41) is 4.98. The first-order valence-electron chi connectivity index (χ1n) is 9.48. The lowest BCUT2D eigenvalue weighted by Gasteiger charge is -2.36. The van der Waals surface area contributed by atoms with Crippen LogP contribution in [0.25, 0.3) is 10.8 Å². The molecule has 4 aromatic rings. The minimum absolute atomic E-state index is 0.0856. The van der Waals surface area contributed by atoms with Gasteiger partial charge in [0, 0.05) is 15.2 Å². The Bertz CT molecular complexity index is 1030. The minimum Gasteiger partial charge on any atom is -0.137 e. The van der Waals surface area contributed by atoms with E-state index in [-0.39, 0.29) is 3.41 Å². The van der Waals surface area contributed by atoms with Crippen molar-refractivity contribution in [1.29, 1.82) is 0 Å². The molecule has 0 saturated carbocycles. The number of thiophene rings is 1. The number of thioether (sulfide) groups is 3. The quantitative estimate of drug-likeness (QED) is 0.297. The van der Waals surface area contributed by atoms with Crippen LogP contribution < -0.4 is 0 Å². The van der Waals surface area contributed by atoms with Crippen molar-refractivity contribution in [1.82, 2.24) is 0 Å². The number of hydrogen-bond acceptors (Lipinski definition) is 4. The highest BCUT2D eigenvalue weighted by atomic mass is 32.3. The molecule has 0 bridgehead atoms. The summed E-state index contributed by atoms with van der Waals surface area (Å²) in [5.41, 5.74) is 1.44. The maximum absolute atomic E-state index is 2.30. The highest BCUT2D eigenvalue weighted by Gasteiger charge is 2.38. The molecule has 2 heterocycles. The van der Waals surface area contributed by atoms with Crippen LogP contribution in [0.4, 0.5) is 0 Å². The Balaban J connectivity index is 1.45. The minimum atomic E-state index is 0.0856. The van der Waals surface area contributed by atoms with Gasteiger partial charge in [-0.2, -0.15) is 0 Å². The first-order valence-corrected chi connectivity index (χ1v) is 12.8. The zero-order valence-corrected chi connectivity index (χ0v) is 18.6. The second kappa shape index (κ2) is 8.19. The molecule has 0 N–H and O–H groups in total. The van der Waals surface area contributed by atoms with Gasteiger partial charge in [0.2, 0.25) is 0 Å². The molecule has 0 spiro atoms. The maximum atomic E-state index is 2.30. The Morgan fingerprint density at radius 3 is 2.18 bits per heavy atom. The summed E-state index contributed by atoms with van der Waals surface area (Å²) in [5.74, 6) is 0. The maximum Gasteiger partial charge on any atom is 0.121 e. The Kier molecular flexibility index (Phi) is 5.47. The first kappa shape index (κ1) is 18.7. The number of aryl methyl sites for hydroxylation is 1. The summed E-state index contributed by atoms with van der Waals surface area (Å²) in [6, 6.07) is 28.8. The van der Waals surface area contributed by atoms with Crippen molar-refractivity contribution in [3.63, 3.8) is 0 Å². The van der Waals surface area contributed by atoms with Crippen LogP contribution >= 0.6 is 46.6 Å². The van der Waals surface area contributed by atoms with E-state index >= 15 is 0 Å². The highest BCUT2D eigenvalue weighted by Crippen LogP contribution is 2.63. The Morgan fingerprint density at radius 2 is 1.50 bits per heavy atom. The second-order valence-corrected chi connectivity index (χ2v) is 12.9. The molecule has 1 aliphatic rings. The third-order valence-corrected chi connectivity index (χ3v) is 10.6. The predicted molar refractivity (Wildman–Crippen MR) is 128 cm³/mol. The van der Waals surface area contributed by atoms with Crippen molar-refractivity contribution < 1.29 is 0 Å². The topological polar surface area (TPSA) is 0 Å². The molecule has 1 aromatic heterocycles. The van der Waals surface area contributed by atoms with Gasteiger partial charge in [-0.25, -0.2) is 0 Å². The van der Waals surface area contributed by atoms with Crippen LogP contribution in [0.3, 0.4) is 0 Å². The summed E-state index contributed by atoms with van der Waals surface area (Å²) < 4.78 is 1.49. The van der Waals surface area contributed by atoms with Gasteiger partial charge in [0.1, 0.15) is 3.41 Å². The normalized spacial score (nSPS) is 15.0. The fraction of sp³-hybridized carbons (Fsp3) is 0.167. The standard InChI is InChI=1S/C24H20S4/c1-2-8-18(9-3-1)10-6-16-24(28-22-15-7-17-25-22)26-20-13-4-11-19-12-5-14-21(27-24)23(19)20/h1-5,7-9,11-15,17H,6,10,16H2. The summed E-state index contributed by atoms with van der Waals surface area (Å²) >= 11 is 8.03. The molecular formula is C24H20S4. The van der Waals surface area contributed by atoms with Gasteiger partial charge in [-0.15, -0.1) is 11.3 Å².